The summed E-state index contributed by atoms with van der Waals surface area (Å²) in [6.45, 7) is 27.4. The van der Waals surface area contributed by atoms with Crippen molar-refractivity contribution in [1.29, 1.82) is 0 Å². The van der Waals surface area contributed by atoms with E-state index in [4.69, 9.17) is 0 Å². The Morgan fingerprint density at radius 2 is 0.557 bits per heavy atom. The van der Waals surface area contributed by atoms with Crippen molar-refractivity contribution in [3.63, 3.8) is 0 Å². The minimum absolute atomic E-state index is 0.0346. The molecule has 61 heavy (non-hydrogen) atoms. The first-order valence-corrected chi connectivity index (χ1v) is 21.9. The predicted molar refractivity (Wildman–Crippen MR) is 265 cm³/mol. The van der Waals surface area contributed by atoms with Crippen molar-refractivity contribution in [2.24, 2.45) is 0 Å². The Labute approximate surface area is 365 Å². The number of hydrogen-bond donors (Lipinski definition) is 0. The lowest BCUT2D eigenvalue weighted by Gasteiger charge is -2.32. The molecule has 0 fully saturated rings. The molecule has 0 atom stereocenters. The standard InChI is InChI=1S/C58H63N3/c1-55(2,3)40-21-29-44(30-22-40)59(45-31-23-41(24-32-45)56(4,5)6)48-37-49(39-50(38-48)61-53-19-15-13-17-51(53)52-18-14-16-20-54(52)61)60(46-33-25-42(26-34-46)57(7,8)9)47-35-27-43(28-36-47)58(10,11)12/h13-39H,1-12H3. The van der Waals surface area contributed by atoms with Crippen LogP contribution in [0.1, 0.15) is 105 Å². The Balaban J connectivity index is 1.44. The highest BCUT2D eigenvalue weighted by Crippen LogP contribution is 2.45. The molecule has 0 saturated heterocycles. The summed E-state index contributed by atoms with van der Waals surface area (Å²) in [5.41, 5.74) is 15.4. The summed E-state index contributed by atoms with van der Waals surface area (Å²) >= 11 is 0. The smallest absolute Gasteiger partial charge is 0.0541 e. The summed E-state index contributed by atoms with van der Waals surface area (Å²) in [6, 6.07) is 61.4. The fourth-order valence-corrected chi connectivity index (χ4v) is 8.50. The molecule has 0 radical (unpaired) electrons. The summed E-state index contributed by atoms with van der Waals surface area (Å²) in [5.74, 6) is 0. The predicted octanol–water partition coefficient (Wildman–Crippen LogP) is 16.9. The first-order chi connectivity index (χ1) is 28.8. The molecule has 3 heteroatoms. The second kappa shape index (κ2) is 15.4. The molecule has 8 rings (SSSR count). The molecular weight excluding hydrogens is 739 g/mol. The molecule has 0 unspecified atom stereocenters. The number of rotatable bonds is 7. The Morgan fingerprint density at radius 3 is 0.820 bits per heavy atom. The van der Waals surface area contributed by atoms with Crippen LogP contribution < -0.4 is 9.80 Å². The Kier molecular flexibility index (Phi) is 10.5. The second-order valence-corrected chi connectivity index (χ2v) is 20.9. The largest absolute Gasteiger partial charge is 0.310 e. The van der Waals surface area contributed by atoms with Gasteiger partial charge in [0.05, 0.1) is 28.1 Å². The van der Waals surface area contributed by atoms with E-state index in [0.29, 0.717) is 0 Å². The second-order valence-electron chi connectivity index (χ2n) is 20.9. The Bertz CT molecular complexity index is 2490. The van der Waals surface area contributed by atoms with E-state index in [1.165, 1.54) is 44.1 Å². The number of aromatic nitrogens is 1. The number of anilines is 6. The van der Waals surface area contributed by atoms with Crippen molar-refractivity contribution < 1.29 is 0 Å². The molecule has 1 heterocycles. The summed E-state index contributed by atoms with van der Waals surface area (Å²) in [5, 5.41) is 2.48. The van der Waals surface area contributed by atoms with E-state index in [9.17, 15) is 0 Å². The Morgan fingerprint density at radius 1 is 0.295 bits per heavy atom. The van der Waals surface area contributed by atoms with E-state index in [0.717, 1.165) is 39.8 Å². The number of hydrogen-bond acceptors (Lipinski definition) is 2. The van der Waals surface area contributed by atoms with Gasteiger partial charge in [-0.25, -0.2) is 0 Å². The average Bonchev–Trinajstić information content (AvgIpc) is 3.55. The van der Waals surface area contributed by atoms with Gasteiger partial charge >= 0.3 is 0 Å². The number of para-hydroxylation sites is 2. The Hall–Kier alpha value is -6.06. The molecule has 310 valence electrons. The highest BCUT2D eigenvalue weighted by molar-refractivity contribution is 6.09. The van der Waals surface area contributed by atoms with Crippen LogP contribution >= 0.6 is 0 Å². The van der Waals surface area contributed by atoms with E-state index >= 15 is 0 Å². The molecule has 0 aliphatic carbocycles. The van der Waals surface area contributed by atoms with Gasteiger partial charge in [-0.15, -0.1) is 0 Å². The van der Waals surface area contributed by atoms with Crippen LogP contribution in [0, 0.1) is 0 Å². The summed E-state index contributed by atoms with van der Waals surface area (Å²) in [4.78, 5) is 4.87. The van der Waals surface area contributed by atoms with Crippen LogP contribution in [0.2, 0.25) is 0 Å². The first-order valence-electron chi connectivity index (χ1n) is 21.9. The van der Waals surface area contributed by atoms with Gasteiger partial charge in [-0.05, 0) is 123 Å². The van der Waals surface area contributed by atoms with Crippen molar-refractivity contribution in [2.45, 2.75) is 105 Å². The maximum atomic E-state index is 2.45. The lowest BCUT2D eigenvalue weighted by molar-refractivity contribution is 0.590. The van der Waals surface area contributed by atoms with Crippen LogP contribution in [-0.2, 0) is 21.7 Å². The molecule has 3 nitrogen and oxygen atoms in total. The van der Waals surface area contributed by atoms with Crippen LogP contribution in [0.3, 0.4) is 0 Å². The zero-order valence-corrected chi connectivity index (χ0v) is 38.4. The molecule has 0 amide bonds. The topological polar surface area (TPSA) is 11.4 Å². The maximum absolute atomic E-state index is 2.45. The molecule has 0 saturated carbocycles. The van der Waals surface area contributed by atoms with Gasteiger partial charge in [0.2, 0.25) is 0 Å². The van der Waals surface area contributed by atoms with Crippen LogP contribution in [0.15, 0.2) is 164 Å². The number of nitrogens with zero attached hydrogens (tertiary/aromatic N) is 3. The molecule has 0 aliphatic rings. The van der Waals surface area contributed by atoms with Crippen molar-refractivity contribution in [3.8, 4) is 5.69 Å². The summed E-state index contributed by atoms with van der Waals surface area (Å²) < 4.78 is 2.45. The van der Waals surface area contributed by atoms with Crippen LogP contribution in [0.25, 0.3) is 27.5 Å². The third kappa shape index (κ3) is 8.36. The summed E-state index contributed by atoms with van der Waals surface area (Å²) in [7, 11) is 0. The van der Waals surface area contributed by atoms with Gasteiger partial charge in [0.25, 0.3) is 0 Å². The lowest BCUT2D eigenvalue weighted by atomic mass is 9.86. The van der Waals surface area contributed by atoms with Gasteiger partial charge in [-0.2, -0.15) is 0 Å². The van der Waals surface area contributed by atoms with Gasteiger partial charge in [0, 0.05) is 33.5 Å². The van der Waals surface area contributed by atoms with Gasteiger partial charge < -0.3 is 14.4 Å². The average molecular weight is 802 g/mol. The van der Waals surface area contributed by atoms with E-state index < -0.39 is 0 Å². The van der Waals surface area contributed by atoms with Gasteiger partial charge in [-0.1, -0.05) is 168 Å². The molecule has 8 aromatic rings. The highest BCUT2D eigenvalue weighted by Gasteiger charge is 2.24. The van der Waals surface area contributed by atoms with Crippen molar-refractivity contribution in [3.05, 3.63) is 186 Å². The van der Waals surface area contributed by atoms with Crippen molar-refractivity contribution in [1.82, 2.24) is 4.57 Å². The number of benzene rings is 7. The molecule has 1 aromatic heterocycles. The first kappa shape index (κ1) is 41.7. The minimum atomic E-state index is 0.0346. The zero-order valence-electron chi connectivity index (χ0n) is 38.4. The molecule has 0 bridgehead atoms. The van der Waals surface area contributed by atoms with E-state index in [-0.39, 0.29) is 21.7 Å². The molecule has 0 aliphatic heterocycles. The third-order valence-corrected chi connectivity index (χ3v) is 12.2. The normalized spacial score (nSPS) is 12.6. The molecule has 0 N–H and O–H groups in total. The fraction of sp³-hybridized carbons (Fsp3) is 0.276. The van der Waals surface area contributed by atoms with E-state index in [1.54, 1.807) is 0 Å². The minimum Gasteiger partial charge on any atom is -0.310 e. The fourth-order valence-electron chi connectivity index (χ4n) is 8.50. The SMILES string of the molecule is CC(C)(C)c1ccc(N(c2ccc(C(C)(C)C)cc2)c2cc(N(c3ccc(C(C)(C)C)cc3)c3ccc(C(C)(C)C)cc3)cc(-n3c4ccccc4c4ccccc43)c2)cc1. The van der Waals surface area contributed by atoms with Crippen LogP contribution in [0.5, 0.6) is 0 Å². The maximum Gasteiger partial charge on any atom is 0.0541 e. The van der Waals surface area contributed by atoms with E-state index in [1.807, 2.05) is 0 Å². The lowest BCUT2D eigenvalue weighted by Crippen LogP contribution is -2.16. The quantitative estimate of drug-likeness (QED) is 0.159. The molecule has 7 aromatic carbocycles. The van der Waals surface area contributed by atoms with Gasteiger partial charge in [0.15, 0.2) is 0 Å². The monoisotopic (exact) mass is 802 g/mol. The van der Waals surface area contributed by atoms with E-state index in [2.05, 4.69) is 261 Å². The zero-order chi connectivity index (χ0) is 43.5. The van der Waals surface area contributed by atoms with Crippen molar-refractivity contribution >= 4 is 55.9 Å². The van der Waals surface area contributed by atoms with Gasteiger partial charge in [0.1, 0.15) is 0 Å². The third-order valence-electron chi connectivity index (χ3n) is 12.2. The van der Waals surface area contributed by atoms with Crippen LogP contribution in [0.4, 0.5) is 34.1 Å². The van der Waals surface area contributed by atoms with Crippen LogP contribution in [-0.4, -0.2) is 4.57 Å². The molecular formula is C58H63N3. The summed E-state index contributed by atoms with van der Waals surface area (Å²) in [6.07, 6.45) is 0. The van der Waals surface area contributed by atoms with Gasteiger partial charge in [-0.3, -0.25) is 0 Å². The number of fused-ring (bicyclic) bond motifs is 3. The van der Waals surface area contributed by atoms with Crippen molar-refractivity contribution in [2.75, 3.05) is 9.80 Å². The molecule has 0 spiro atoms. The highest BCUT2D eigenvalue weighted by atomic mass is 15.2.